The highest BCUT2D eigenvalue weighted by Crippen LogP contribution is 2.39. The zero-order chi connectivity index (χ0) is 19.0. The van der Waals surface area contributed by atoms with Crippen molar-refractivity contribution in [3.05, 3.63) is 58.7 Å². The molecule has 1 fully saturated rings. The zero-order valence-corrected chi connectivity index (χ0v) is 17.5. The van der Waals surface area contributed by atoms with Crippen molar-refractivity contribution in [1.82, 2.24) is 0 Å². The Labute approximate surface area is 159 Å². The molecule has 2 aromatic carbocycles. The van der Waals surface area contributed by atoms with Crippen LogP contribution >= 0.6 is 0 Å². The molecule has 0 radical (unpaired) electrons. The van der Waals surface area contributed by atoms with Crippen molar-refractivity contribution >= 4 is 11.4 Å². The minimum absolute atomic E-state index is 0.368. The van der Waals surface area contributed by atoms with E-state index in [2.05, 4.69) is 94.7 Å². The predicted octanol–water partition coefficient (Wildman–Crippen LogP) is 6.22. The summed E-state index contributed by atoms with van der Waals surface area (Å²) in [6.07, 6.45) is 0.368. The molecule has 140 valence electrons. The van der Waals surface area contributed by atoms with Crippen molar-refractivity contribution in [3.63, 3.8) is 0 Å². The topological polar surface area (TPSA) is 6.48 Å². The van der Waals surface area contributed by atoms with Crippen LogP contribution in [0.4, 0.5) is 11.4 Å². The molecule has 0 saturated carbocycles. The number of hydrogen-bond donors (Lipinski definition) is 0. The van der Waals surface area contributed by atoms with Crippen LogP contribution in [0.2, 0.25) is 0 Å². The maximum atomic E-state index is 2.61. The Kier molecular flexibility index (Phi) is 5.32. The fourth-order valence-corrected chi connectivity index (χ4v) is 4.43. The van der Waals surface area contributed by atoms with Gasteiger partial charge < -0.3 is 9.80 Å². The molecule has 3 rings (SSSR count). The maximum Gasteiger partial charge on any atom is 0.0988 e. The van der Waals surface area contributed by atoms with Crippen LogP contribution in [-0.2, 0) is 0 Å². The van der Waals surface area contributed by atoms with Gasteiger partial charge in [-0.15, -0.1) is 0 Å². The van der Waals surface area contributed by atoms with Gasteiger partial charge in [-0.05, 0) is 54.9 Å². The molecule has 0 unspecified atom stereocenters. The molecule has 2 heteroatoms. The molecule has 1 saturated heterocycles. The van der Waals surface area contributed by atoms with Gasteiger partial charge in [-0.25, -0.2) is 0 Å². The summed E-state index contributed by atoms with van der Waals surface area (Å²) in [5, 5.41) is 0. The molecule has 0 spiro atoms. The Bertz CT molecular complexity index is 710. The standard InChI is InChI=1S/C24H34N2/c1-16(2)21-12-8-10-18(5)23(21)25-14-15-26(20(25)7)24-19(6)11-9-13-22(24)17(3)4/h8-13,16-17,20H,14-15H2,1-7H3. The van der Waals surface area contributed by atoms with Gasteiger partial charge in [0.25, 0.3) is 0 Å². The highest BCUT2D eigenvalue weighted by molar-refractivity contribution is 5.67. The summed E-state index contributed by atoms with van der Waals surface area (Å²) in [5.41, 5.74) is 8.59. The summed E-state index contributed by atoms with van der Waals surface area (Å²) in [7, 11) is 0. The van der Waals surface area contributed by atoms with E-state index >= 15 is 0 Å². The monoisotopic (exact) mass is 350 g/mol. The van der Waals surface area contributed by atoms with Crippen LogP contribution in [0.1, 0.15) is 68.7 Å². The number of para-hydroxylation sites is 2. The molecule has 26 heavy (non-hydrogen) atoms. The third-order valence-corrected chi connectivity index (χ3v) is 5.84. The van der Waals surface area contributed by atoms with E-state index in [9.17, 15) is 0 Å². The Hall–Kier alpha value is -1.96. The van der Waals surface area contributed by atoms with E-state index in [1.807, 2.05) is 0 Å². The van der Waals surface area contributed by atoms with Gasteiger partial charge in [-0.3, -0.25) is 0 Å². The van der Waals surface area contributed by atoms with Gasteiger partial charge in [0.1, 0.15) is 0 Å². The third-order valence-electron chi connectivity index (χ3n) is 5.84. The summed E-state index contributed by atoms with van der Waals surface area (Å²) >= 11 is 0. The van der Waals surface area contributed by atoms with E-state index in [1.165, 1.54) is 33.6 Å². The Morgan fingerprint density at radius 1 is 0.731 bits per heavy atom. The van der Waals surface area contributed by atoms with Gasteiger partial charge >= 0.3 is 0 Å². The van der Waals surface area contributed by atoms with Gasteiger partial charge in [0, 0.05) is 24.5 Å². The Morgan fingerprint density at radius 2 is 1.12 bits per heavy atom. The molecule has 0 aromatic heterocycles. The van der Waals surface area contributed by atoms with Gasteiger partial charge in [0.15, 0.2) is 0 Å². The second-order valence-corrected chi connectivity index (χ2v) is 8.35. The van der Waals surface area contributed by atoms with E-state index in [0.717, 1.165) is 13.1 Å². The SMILES string of the molecule is Cc1cccc(C(C)C)c1N1CCN(c2c(C)cccc2C(C)C)C1C. The van der Waals surface area contributed by atoms with Crippen LogP contribution in [0.15, 0.2) is 36.4 Å². The molecule has 2 aromatic rings. The average molecular weight is 351 g/mol. The Balaban J connectivity index is 2.02. The lowest BCUT2D eigenvalue weighted by atomic mass is 9.96. The number of hydrogen-bond acceptors (Lipinski definition) is 2. The molecule has 2 nitrogen and oxygen atoms in total. The highest BCUT2D eigenvalue weighted by Gasteiger charge is 2.33. The fraction of sp³-hybridized carbons (Fsp3) is 0.500. The molecule has 0 amide bonds. The van der Waals surface area contributed by atoms with Gasteiger partial charge in [0.2, 0.25) is 0 Å². The number of benzene rings is 2. The number of anilines is 2. The normalized spacial score (nSPS) is 15.6. The summed E-state index contributed by atoms with van der Waals surface area (Å²) in [6.45, 7) is 18.2. The summed E-state index contributed by atoms with van der Waals surface area (Å²) in [6, 6.07) is 13.5. The molecule has 0 atom stereocenters. The predicted molar refractivity (Wildman–Crippen MR) is 115 cm³/mol. The first-order valence-electron chi connectivity index (χ1n) is 10.0. The number of aryl methyl sites for hydroxylation is 2. The van der Waals surface area contributed by atoms with Crippen molar-refractivity contribution in [1.29, 1.82) is 0 Å². The van der Waals surface area contributed by atoms with E-state index in [0.29, 0.717) is 18.0 Å². The van der Waals surface area contributed by atoms with Crippen molar-refractivity contribution in [2.24, 2.45) is 0 Å². The lowest BCUT2D eigenvalue weighted by Crippen LogP contribution is -2.38. The molecular weight excluding hydrogens is 316 g/mol. The van der Waals surface area contributed by atoms with E-state index in [-0.39, 0.29) is 0 Å². The number of nitrogens with zero attached hydrogens (tertiary/aromatic N) is 2. The fourth-order valence-electron chi connectivity index (χ4n) is 4.43. The molecule has 1 aliphatic rings. The quantitative estimate of drug-likeness (QED) is 0.645. The van der Waals surface area contributed by atoms with Crippen LogP contribution in [0.3, 0.4) is 0 Å². The minimum Gasteiger partial charge on any atom is -0.349 e. The van der Waals surface area contributed by atoms with Crippen LogP contribution in [0.25, 0.3) is 0 Å². The molecule has 1 heterocycles. The summed E-state index contributed by atoms with van der Waals surface area (Å²) in [5.74, 6) is 1.08. The van der Waals surface area contributed by atoms with E-state index in [1.54, 1.807) is 0 Å². The van der Waals surface area contributed by atoms with Crippen molar-refractivity contribution in [3.8, 4) is 0 Å². The van der Waals surface area contributed by atoms with Crippen molar-refractivity contribution in [2.75, 3.05) is 22.9 Å². The minimum atomic E-state index is 0.368. The first kappa shape index (κ1) is 18.8. The second-order valence-electron chi connectivity index (χ2n) is 8.35. The smallest absolute Gasteiger partial charge is 0.0988 e. The second kappa shape index (κ2) is 7.34. The lowest BCUT2D eigenvalue weighted by Gasteiger charge is -2.35. The van der Waals surface area contributed by atoms with Crippen LogP contribution in [0.5, 0.6) is 0 Å². The molecule has 1 aliphatic heterocycles. The molecular formula is C24H34N2. The van der Waals surface area contributed by atoms with Crippen molar-refractivity contribution in [2.45, 2.75) is 66.5 Å². The van der Waals surface area contributed by atoms with Crippen molar-refractivity contribution < 1.29 is 0 Å². The zero-order valence-electron chi connectivity index (χ0n) is 17.5. The van der Waals surface area contributed by atoms with Gasteiger partial charge in [-0.1, -0.05) is 64.1 Å². The van der Waals surface area contributed by atoms with Crippen LogP contribution < -0.4 is 9.80 Å². The largest absolute Gasteiger partial charge is 0.349 e. The maximum absolute atomic E-state index is 2.61. The van der Waals surface area contributed by atoms with E-state index < -0.39 is 0 Å². The highest BCUT2D eigenvalue weighted by atomic mass is 15.4. The molecule has 0 bridgehead atoms. The molecule has 0 N–H and O–H groups in total. The lowest BCUT2D eigenvalue weighted by molar-refractivity contribution is 0.712. The van der Waals surface area contributed by atoms with E-state index in [4.69, 9.17) is 0 Å². The Morgan fingerprint density at radius 3 is 1.46 bits per heavy atom. The van der Waals surface area contributed by atoms with Crippen LogP contribution in [-0.4, -0.2) is 19.3 Å². The van der Waals surface area contributed by atoms with Gasteiger partial charge in [-0.2, -0.15) is 0 Å². The van der Waals surface area contributed by atoms with Crippen LogP contribution in [0, 0.1) is 13.8 Å². The first-order chi connectivity index (χ1) is 12.3. The summed E-state index contributed by atoms with van der Waals surface area (Å²) < 4.78 is 0. The molecule has 0 aliphatic carbocycles. The first-order valence-corrected chi connectivity index (χ1v) is 10.0. The number of rotatable bonds is 4. The summed E-state index contributed by atoms with van der Waals surface area (Å²) in [4.78, 5) is 5.22. The van der Waals surface area contributed by atoms with Gasteiger partial charge in [0.05, 0.1) is 6.17 Å². The third kappa shape index (κ3) is 3.22. The average Bonchev–Trinajstić information content (AvgIpc) is 2.95.